The second-order valence-electron chi connectivity index (χ2n) is 24.1. The Morgan fingerprint density at radius 2 is 0.286 bits per heavy atom. The van der Waals surface area contributed by atoms with Gasteiger partial charge in [-0.3, -0.25) is 0 Å². The lowest BCUT2D eigenvalue weighted by Gasteiger charge is -2.23. The summed E-state index contributed by atoms with van der Waals surface area (Å²) in [4.78, 5) is 222. The minimum atomic E-state index is -1.41. The highest BCUT2D eigenvalue weighted by atomic mass is 17.3. The third kappa shape index (κ3) is 51.8. The molecular weight excluding hydrogens is 1500 g/mol. The first-order chi connectivity index (χ1) is 52.9. The van der Waals surface area contributed by atoms with Gasteiger partial charge in [-0.1, -0.05) is 65.8 Å². The third-order valence-corrected chi connectivity index (χ3v) is 12.3. The fraction of sp³-hybridized carbons (Fsp3) is 0.583. The number of hydrogen-bond acceptors (Lipinski definition) is 40. The van der Waals surface area contributed by atoms with Crippen LogP contribution in [0.1, 0.15) is 69.2 Å². The van der Waals surface area contributed by atoms with Crippen molar-refractivity contribution in [1.29, 1.82) is 0 Å². The molecule has 0 spiro atoms. The highest BCUT2D eigenvalue weighted by molar-refractivity contribution is 5.90. The Labute approximate surface area is 648 Å². The Morgan fingerprint density at radius 1 is 0.179 bits per heavy atom. The molecule has 0 aliphatic heterocycles. The molecule has 0 aromatic rings. The summed E-state index contributed by atoms with van der Waals surface area (Å²) in [6.45, 7) is 39.0. The molecule has 0 fully saturated rings. The van der Waals surface area contributed by atoms with Crippen LogP contribution in [0.3, 0.4) is 0 Å². The standard InChI is InChI=1S/C72H106O40/c1-43(2)63(73)85-24-53(84-22)34-95-105-55(26-87-65(75)45(5)6)36-97-107-57(28-89-67(77)47(9)10)38-99-109-59(30-91-69(79)49(13)14)40-101-111-61(32-93-71(81)51(17)18)42-103-112-62(33-94-72(82)52(19)20)41-102-110-60(31-92-70(80)50(15)16)39-100-108-58(29-90-68(78)48(11)12)37-98-106-56(27-88-66(76)46(7)8)35-96-104-54(23-83-21)25-86-64(74)44(3)4/h53-62H,1,3,5,7,9,11,13,15,17,19,23-42H2,2,4,6,8,10,12,14,16,18,20-22H3. The van der Waals surface area contributed by atoms with Gasteiger partial charge in [-0.05, 0) is 69.2 Å². The van der Waals surface area contributed by atoms with Crippen molar-refractivity contribution in [2.24, 2.45) is 0 Å². The van der Waals surface area contributed by atoms with Crippen LogP contribution in [0, 0.1) is 0 Å². The summed E-state index contributed by atoms with van der Waals surface area (Å²) in [6, 6.07) is 0. The van der Waals surface area contributed by atoms with Crippen molar-refractivity contribution in [1.82, 2.24) is 0 Å². The SMILES string of the molecule is C=C(C)C(=O)OCC(COOC(COOC(COOC(COOC(COOC(COOC(COOC(COOC(COOC(COC)COC(=O)C(=C)C)COC(=O)C(=C)C)COC(=O)C(=C)C)COC(=O)C(=C)C)COC(=O)C(=C)C)COC(=O)C(=C)C)COC(=O)C(=C)C)COC(=O)C(=C)C)COC(=O)C(=C)C)OC. The van der Waals surface area contributed by atoms with Gasteiger partial charge in [0.15, 0.2) is 54.9 Å². The number of ether oxygens (including phenoxy) is 12. The van der Waals surface area contributed by atoms with E-state index in [1.807, 2.05) is 0 Å². The lowest BCUT2D eigenvalue weighted by molar-refractivity contribution is -0.423. The van der Waals surface area contributed by atoms with Crippen LogP contribution >= 0.6 is 0 Å². The minimum absolute atomic E-state index is 0.00564. The van der Waals surface area contributed by atoms with Crippen LogP contribution < -0.4 is 0 Å². The molecule has 0 amide bonds. The van der Waals surface area contributed by atoms with Crippen LogP contribution in [0.15, 0.2) is 122 Å². The third-order valence-electron chi connectivity index (χ3n) is 12.3. The van der Waals surface area contributed by atoms with Gasteiger partial charge in [-0.2, -0.15) is 0 Å². The Kier molecular flexibility index (Phi) is 56.2. The van der Waals surface area contributed by atoms with Gasteiger partial charge in [0, 0.05) is 70.0 Å². The van der Waals surface area contributed by atoms with E-state index in [2.05, 4.69) is 65.8 Å². The summed E-state index contributed by atoms with van der Waals surface area (Å²) in [6.07, 6.45) is -12.5. The van der Waals surface area contributed by atoms with Crippen molar-refractivity contribution in [2.75, 3.05) is 146 Å². The molecule has 0 radical (unpaired) electrons. The van der Waals surface area contributed by atoms with Gasteiger partial charge >= 0.3 is 59.7 Å². The average molecular weight is 1610 g/mol. The molecule has 0 bridgehead atoms. The zero-order chi connectivity index (χ0) is 84.7. The maximum Gasteiger partial charge on any atom is 0.333 e. The van der Waals surface area contributed by atoms with E-state index in [9.17, 15) is 47.9 Å². The predicted molar refractivity (Wildman–Crippen MR) is 378 cm³/mol. The molecule has 0 N–H and O–H groups in total. The fourth-order valence-electron chi connectivity index (χ4n) is 6.12. The molecule has 40 nitrogen and oxygen atoms in total. The summed E-state index contributed by atoms with van der Waals surface area (Å²) in [5, 5.41) is 0. The van der Waals surface area contributed by atoms with Crippen LogP contribution in [0.2, 0.25) is 0 Å². The van der Waals surface area contributed by atoms with Crippen LogP contribution in [0.25, 0.3) is 0 Å². The Balaban J connectivity index is 6.66. The largest absolute Gasteiger partial charge is 0.459 e. The monoisotopic (exact) mass is 1610 g/mol. The van der Waals surface area contributed by atoms with Crippen molar-refractivity contribution in [3.63, 3.8) is 0 Å². The van der Waals surface area contributed by atoms with E-state index in [0.717, 1.165) is 0 Å². The molecule has 0 aliphatic rings. The maximum atomic E-state index is 12.6. The van der Waals surface area contributed by atoms with E-state index >= 15 is 0 Å². The molecule has 112 heavy (non-hydrogen) atoms. The summed E-state index contributed by atoms with van der Waals surface area (Å²) in [5.41, 5.74) is 0.308. The fourth-order valence-corrected chi connectivity index (χ4v) is 6.12. The van der Waals surface area contributed by atoms with E-state index < -0.39 is 226 Å². The molecule has 0 heterocycles. The van der Waals surface area contributed by atoms with Gasteiger partial charge in [0.25, 0.3) is 0 Å². The Bertz CT molecular complexity index is 3080. The Hall–Kier alpha value is -8.70. The van der Waals surface area contributed by atoms with Gasteiger partial charge in [-0.15, -0.1) is 0 Å². The molecule has 0 saturated heterocycles. The van der Waals surface area contributed by atoms with Crippen molar-refractivity contribution in [3.8, 4) is 0 Å². The van der Waals surface area contributed by atoms with Gasteiger partial charge < -0.3 is 56.8 Å². The second-order valence-corrected chi connectivity index (χ2v) is 24.1. The number of rotatable bonds is 69. The first-order valence-electron chi connectivity index (χ1n) is 33.7. The first kappa shape index (κ1) is 103. The lowest BCUT2D eigenvalue weighted by Crippen LogP contribution is -2.35. The van der Waals surface area contributed by atoms with Crippen molar-refractivity contribution in [3.05, 3.63) is 122 Å². The van der Waals surface area contributed by atoms with Crippen molar-refractivity contribution >= 4 is 59.7 Å². The second kappa shape index (κ2) is 60.9. The summed E-state index contributed by atoms with van der Waals surface area (Å²) in [5.74, 6) is -8.15. The van der Waals surface area contributed by atoms with Gasteiger partial charge in [-0.25, -0.2) is 136 Å². The molecule has 0 aliphatic carbocycles. The zero-order valence-corrected chi connectivity index (χ0v) is 65.3. The molecule has 0 aromatic carbocycles. The Morgan fingerprint density at radius 3 is 0.393 bits per heavy atom. The lowest BCUT2D eigenvalue weighted by atomic mass is 10.3. The summed E-state index contributed by atoms with van der Waals surface area (Å²) < 4.78 is 62.6. The maximum absolute atomic E-state index is 12.6. The van der Waals surface area contributed by atoms with E-state index in [4.69, 9.17) is 145 Å². The molecule has 0 saturated carbocycles. The predicted octanol–water partition coefficient (Wildman–Crippen LogP) is 4.69. The quantitative estimate of drug-likeness (QED) is 0.0262. The van der Waals surface area contributed by atoms with Crippen molar-refractivity contribution < 1.29 is 193 Å². The van der Waals surface area contributed by atoms with E-state index in [1.165, 1.54) is 83.5 Å². The number of carbonyl (C=O) groups is 10. The number of methoxy groups -OCH3 is 2. The molecule has 0 aromatic heterocycles. The molecule has 634 valence electrons. The number of esters is 10. The van der Waals surface area contributed by atoms with Crippen LogP contribution in [0.5, 0.6) is 0 Å². The highest BCUT2D eigenvalue weighted by Gasteiger charge is 2.28. The smallest absolute Gasteiger partial charge is 0.333 e. The molecular formula is C72H106O40. The zero-order valence-electron chi connectivity index (χ0n) is 65.3. The summed E-state index contributed by atoms with van der Waals surface area (Å²) in [7, 11) is 2.69. The van der Waals surface area contributed by atoms with E-state index in [-0.39, 0.29) is 82.2 Å². The molecule has 10 atom stereocenters. The molecule has 0 rings (SSSR count). The van der Waals surface area contributed by atoms with E-state index in [0.29, 0.717) is 0 Å². The van der Waals surface area contributed by atoms with Crippen LogP contribution in [-0.4, -0.2) is 267 Å². The van der Waals surface area contributed by atoms with Gasteiger partial charge in [0.05, 0.1) is 6.61 Å². The topological polar surface area (TPSA) is 448 Å². The average Bonchev–Trinajstić information content (AvgIpc) is 0.936. The molecule has 40 heteroatoms. The number of hydrogen-bond donors (Lipinski definition) is 0. The van der Waals surface area contributed by atoms with E-state index in [1.54, 1.807) is 0 Å². The first-order valence-corrected chi connectivity index (χ1v) is 33.7. The van der Waals surface area contributed by atoms with Crippen molar-refractivity contribution in [2.45, 2.75) is 130 Å². The normalized spacial score (nSPS) is 13.7. The number of carbonyl (C=O) groups excluding carboxylic acids is 10. The van der Waals surface area contributed by atoms with Crippen LogP contribution in [-0.2, 0) is 193 Å². The van der Waals surface area contributed by atoms with Gasteiger partial charge in [0.1, 0.15) is 132 Å². The summed E-state index contributed by atoms with van der Waals surface area (Å²) >= 11 is 0. The van der Waals surface area contributed by atoms with Crippen LogP contribution in [0.4, 0.5) is 0 Å². The van der Waals surface area contributed by atoms with Gasteiger partial charge in [0.2, 0.25) is 0 Å². The molecule has 10 unspecified atom stereocenters. The highest BCUT2D eigenvalue weighted by Crippen LogP contribution is 2.14. The minimum Gasteiger partial charge on any atom is -0.459 e.